The highest BCUT2D eigenvalue weighted by atomic mass is 14.6. The van der Waals surface area contributed by atoms with E-state index < -0.39 is 0 Å². The highest BCUT2D eigenvalue weighted by Gasteiger charge is 2.13. The van der Waals surface area contributed by atoms with Crippen LogP contribution in [0.25, 0.3) is 0 Å². The standard InChI is InChI=1S/C9H16N2/c1-9(2,3)8(7-10)5-6-11-4/h5-7H,4,10H2,1-3H3/b6-5-,8-7+. The lowest BCUT2D eigenvalue weighted by atomic mass is 9.87. The Morgan fingerprint density at radius 3 is 2.27 bits per heavy atom. The van der Waals surface area contributed by atoms with Gasteiger partial charge in [-0.1, -0.05) is 20.8 Å². The van der Waals surface area contributed by atoms with Crippen molar-refractivity contribution in [1.82, 2.24) is 0 Å². The summed E-state index contributed by atoms with van der Waals surface area (Å²) in [6.07, 6.45) is 5.11. The molecule has 0 aromatic rings. The third kappa shape index (κ3) is 3.61. The fraction of sp³-hybridized carbons (Fsp3) is 0.444. The van der Waals surface area contributed by atoms with Gasteiger partial charge in [0.15, 0.2) is 0 Å². The highest BCUT2D eigenvalue weighted by molar-refractivity contribution is 5.29. The second-order valence-corrected chi connectivity index (χ2v) is 3.37. The maximum Gasteiger partial charge on any atom is 0.0264 e. The first-order valence-electron chi connectivity index (χ1n) is 3.57. The average Bonchev–Trinajstić information content (AvgIpc) is 1.87. The van der Waals surface area contributed by atoms with Crippen LogP contribution in [0.2, 0.25) is 0 Å². The van der Waals surface area contributed by atoms with Crippen molar-refractivity contribution in [3.8, 4) is 0 Å². The van der Waals surface area contributed by atoms with E-state index in [9.17, 15) is 0 Å². The summed E-state index contributed by atoms with van der Waals surface area (Å²) in [4.78, 5) is 3.61. The van der Waals surface area contributed by atoms with E-state index in [4.69, 9.17) is 5.73 Å². The molecule has 0 atom stereocenters. The fourth-order valence-electron chi connectivity index (χ4n) is 0.689. The molecular formula is C9H16N2. The topological polar surface area (TPSA) is 38.4 Å². The molecule has 2 nitrogen and oxygen atoms in total. The number of rotatable bonds is 2. The molecule has 0 saturated carbocycles. The van der Waals surface area contributed by atoms with Gasteiger partial charge in [-0.15, -0.1) is 0 Å². The van der Waals surface area contributed by atoms with Crippen molar-refractivity contribution < 1.29 is 0 Å². The van der Waals surface area contributed by atoms with E-state index in [0.717, 1.165) is 5.57 Å². The number of nitrogens with two attached hydrogens (primary N) is 1. The Labute approximate surface area is 68.5 Å². The van der Waals surface area contributed by atoms with E-state index in [-0.39, 0.29) is 5.41 Å². The van der Waals surface area contributed by atoms with Crippen molar-refractivity contribution in [2.75, 3.05) is 0 Å². The molecule has 0 aromatic heterocycles. The van der Waals surface area contributed by atoms with Crippen molar-refractivity contribution in [3.63, 3.8) is 0 Å². The molecule has 11 heavy (non-hydrogen) atoms. The van der Waals surface area contributed by atoms with E-state index in [1.54, 1.807) is 12.4 Å². The van der Waals surface area contributed by atoms with Crippen LogP contribution in [-0.4, -0.2) is 6.72 Å². The van der Waals surface area contributed by atoms with E-state index in [2.05, 4.69) is 32.5 Å². The Morgan fingerprint density at radius 2 is 2.00 bits per heavy atom. The number of hydrogen-bond donors (Lipinski definition) is 1. The summed E-state index contributed by atoms with van der Waals surface area (Å²) in [5.74, 6) is 0. The molecule has 0 saturated heterocycles. The van der Waals surface area contributed by atoms with Crippen LogP contribution in [0, 0.1) is 5.41 Å². The zero-order chi connectivity index (χ0) is 8.91. The predicted molar refractivity (Wildman–Crippen MR) is 50.4 cm³/mol. The molecule has 0 aromatic carbocycles. The minimum absolute atomic E-state index is 0.0793. The fourth-order valence-corrected chi connectivity index (χ4v) is 0.689. The molecule has 2 N–H and O–H groups in total. The maximum absolute atomic E-state index is 5.42. The van der Waals surface area contributed by atoms with Gasteiger partial charge in [0.05, 0.1) is 0 Å². The third-order valence-electron chi connectivity index (χ3n) is 1.41. The van der Waals surface area contributed by atoms with E-state index >= 15 is 0 Å². The van der Waals surface area contributed by atoms with Crippen LogP contribution < -0.4 is 5.73 Å². The van der Waals surface area contributed by atoms with E-state index in [1.165, 1.54) is 0 Å². The Morgan fingerprint density at radius 1 is 1.45 bits per heavy atom. The molecule has 62 valence electrons. The van der Waals surface area contributed by atoms with Gasteiger partial charge < -0.3 is 5.73 Å². The van der Waals surface area contributed by atoms with Gasteiger partial charge in [-0.25, -0.2) is 0 Å². The van der Waals surface area contributed by atoms with Gasteiger partial charge >= 0.3 is 0 Å². The van der Waals surface area contributed by atoms with Gasteiger partial charge in [-0.2, -0.15) is 0 Å². The molecule has 0 aliphatic heterocycles. The zero-order valence-corrected chi connectivity index (χ0v) is 7.46. The molecule has 0 amide bonds. The molecule has 0 heterocycles. The summed E-state index contributed by atoms with van der Waals surface area (Å²) < 4.78 is 0. The van der Waals surface area contributed by atoms with Gasteiger partial charge in [0.1, 0.15) is 0 Å². The Balaban J connectivity index is 4.45. The second kappa shape index (κ2) is 3.96. The van der Waals surface area contributed by atoms with Crippen LogP contribution in [0.4, 0.5) is 0 Å². The maximum atomic E-state index is 5.42. The largest absolute Gasteiger partial charge is 0.404 e. The Kier molecular flexibility index (Phi) is 3.58. The highest BCUT2D eigenvalue weighted by Crippen LogP contribution is 2.24. The first-order valence-corrected chi connectivity index (χ1v) is 3.57. The molecule has 0 aliphatic carbocycles. The average molecular weight is 152 g/mol. The quantitative estimate of drug-likeness (QED) is 0.477. The van der Waals surface area contributed by atoms with Crippen LogP contribution in [0.3, 0.4) is 0 Å². The lowest BCUT2D eigenvalue weighted by molar-refractivity contribution is 0.515. The van der Waals surface area contributed by atoms with Crippen LogP contribution in [0.5, 0.6) is 0 Å². The van der Waals surface area contributed by atoms with Crippen molar-refractivity contribution in [1.29, 1.82) is 0 Å². The molecular weight excluding hydrogens is 136 g/mol. The molecule has 0 aliphatic rings. The summed E-state index contributed by atoms with van der Waals surface area (Å²) in [6, 6.07) is 0. The van der Waals surface area contributed by atoms with Crippen LogP contribution in [0.1, 0.15) is 20.8 Å². The number of aliphatic imine (C=N–C) groups is 1. The van der Waals surface area contributed by atoms with Crippen LogP contribution in [0.15, 0.2) is 29.0 Å². The lowest BCUT2D eigenvalue weighted by Gasteiger charge is -2.18. The predicted octanol–water partition coefficient (Wildman–Crippen LogP) is 2.09. The molecule has 0 rings (SSSR count). The smallest absolute Gasteiger partial charge is 0.0264 e. The zero-order valence-electron chi connectivity index (χ0n) is 7.46. The molecule has 2 heteroatoms. The van der Waals surface area contributed by atoms with E-state index in [0.29, 0.717) is 0 Å². The monoisotopic (exact) mass is 152 g/mol. The summed E-state index contributed by atoms with van der Waals surface area (Å²) in [5.41, 5.74) is 6.56. The number of allylic oxidation sites excluding steroid dienone is 2. The first-order chi connectivity index (χ1) is 5.02. The number of nitrogens with zero attached hydrogens (tertiary/aromatic N) is 1. The van der Waals surface area contributed by atoms with Crippen molar-refractivity contribution in [2.24, 2.45) is 16.1 Å². The van der Waals surface area contributed by atoms with Gasteiger partial charge in [-0.3, -0.25) is 4.99 Å². The van der Waals surface area contributed by atoms with Crippen molar-refractivity contribution in [2.45, 2.75) is 20.8 Å². The third-order valence-corrected chi connectivity index (χ3v) is 1.41. The first kappa shape index (κ1) is 9.95. The summed E-state index contributed by atoms with van der Waals surface area (Å²) in [5, 5.41) is 0. The molecule has 0 fully saturated rings. The van der Waals surface area contributed by atoms with Crippen molar-refractivity contribution in [3.05, 3.63) is 24.0 Å². The molecule has 0 bridgehead atoms. The molecule has 0 unspecified atom stereocenters. The van der Waals surface area contributed by atoms with Gasteiger partial charge in [0.2, 0.25) is 0 Å². The summed E-state index contributed by atoms with van der Waals surface area (Å²) in [6.45, 7) is 9.63. The van der Waals surface area contributed by atoms with Gasteiger partial charge in [0.25, 0.3) is 0 Å². The van der Waals surface area contributed by atoms with Gasteiger partial charge in [0, 0.05) is 6.20 Å². The SMILES string of the molecule is C=N/C=C\C(=C/N)C(C)(C)C. The summed E-state index contributed by atoms with van der Waals surface area (Å²) in [7, 11) is 0. The Hall–Kier alpha value is -1.05. The number of hydrogen-bond acceptors (Lipinski definition) is 2. The normalized spacial score (nSPS) is 13.9. The van der Waals surface area contributed by atoms with Crippen LogP contribution in [-0.2, 0) is 0 Å². The summed E-state index contributed by atoms with van der Waals surface area (Å²) >= 11 is 0. The van der Waals surface area contributed by atoms with E-state index in [1.807, 2.05) is 6.08 Å². The minimum atomic E-state index is 0.0793. The molecule has 0 spiro atoms. The van der Waals surface area contributed by atoms with Crippen LogP contribution >= 0.6 is 0 Å². The lowest BCUT2D eigenvalue weighted by Crippen LogP contribution is -2.09. The van der Waals surface area contributed by atoms with Gasteiger partial charge in [-0.05, 0) is 30.0 Å². The minimum Gasteiger partial charge on any atom is -0.404 e. The second-order valence-electron chi connectivity index (χ2n) is 3.37. The Bertz CT molecular complexity index is 182. The van der Waals surface area contributed by atoms with Crippen molar-refractivity contribution >= 4 is 6.72 Å². The molecule has 0 radical (unpaired) electrons.